The minimum atomic E-state index is -0.0277. The number of carbonyl (C=O) groups is 1. The molecular formula is C17H24N4OS. The first-order valence-electron chi connectivity index (χ1n) is 7.86. The van der Waals surface area contributed by atoms with Crippen molar-refractivity contribution >= 4 is 23.4 Å². The Morgan fingerprint density at radius 2 is 2.04 bits per heavy atom. The number of nitrogens with zero attached hydrogens (tertiary/aromatic N) is 3. The molecule has 0 saturated carbocycles. The van der Waals surface area contributed by atoms with E-state index in [2.05, 4.69) is 40.9 Å². The summed E-state index contributed by atoms with van der Waals surface area (Å²) in [5, 5.41) is 12.2. The lowest BCUT2D eigenvalue weighted by atomic mass is 10.1. The van der Waals surface area contributed by atoms with Gasteiger partial charge < -0.3 is 9.88 Å². The maximum Gasteiger partial charge on any atom is 0.234 e. The Morgan fingerprint density at radius 3 is 2.70 bits per heavy atom. The number of thioether (sulfide) groups is 1. The minimum absolute atomic E-state index is 0.0277. The van der Waals surface area contributed by atoms with Crippen LogP contribution in [-0.4, -0.2) is 26.4 Å². The molecule has 1 N–H and O–H groups in total. The van der Waals surface area contributed by atoms with Crippen molar-refractivity contribution in [1.82, 2.24) is 14.8 Å². The van der Waals surface area contributed by atoms with Crippen LogP contribution in [0.1, 0.15) is 43.8 Å². The summed E-state index contributed by atoms with van der Waals surface area (Å²) in [7, 11) is 0. The molecule has 0 radical (unpaired) electrons. The van der Waals surface area contributed by atoms with E-state index in [0.717, 1.165) is 28.7 Å². The number of benzene rings is 1. The van der Waals surface area contributed by atoms with Crippen molar-refractivity contribution in [3.8, 4) is 0 Å². The Labute approximate surface area is 141 Å². The molecule has 0 saturated heterocycles. The minimum Gasteiger partial charge on any atom is -0.325 e. The van der Waals surface area contributed by atoms with E-state index in [1.807, 2.05) is 32.0 Å². The number of hydrogen-bond acceptors (Lipinski definition) is 4. The molecule has 1 heterocycles. The zero-order valence-electron chi connectivity index (χ0n) is 14.4. The maximum absolute atomic E-state index is 12.2. The second-order valence-corrected chi connectivity index (χ2v) is 6.74. The number of hydrogen-bond donors (Lipinski definition) is 1. The van der Waals surface area contributed by atoms with Gasteiger partial charge in [0.1, 0.15) is 5.82 Å². The molecule has 6 heteroatoms. The highest BCUT2D eigenvalue weighted by Crippen LogP contribution is 2.23. The maximum atomic E-state index is 12.2. The largest absolute Gasteiger partial charge is 0.325 e. The van der Waals surface area contributed by atoms with Crippen molar-refractivity contribution in [3.63, 3.8) is 0 Å². The Balaban J connectivity index is 2.02. The quantitative estimate of drug-likeness (QED) is 0.818. The van der Waals surface area contributed by atoms with Crippen molar-refractivity contribution in [2.75, 3.05) is 11.1 Å². The Hall–Kier alpha value is -1.82. The lowest BCUT2D eigenvalue weighted by Crippen LogP contribution is -2.16. The highest BCUT2D eigenvalue weighted by Gasteiger charge is 2.15. The molecule has 23 heavy (non-hydrogen) atoms. The van der Waals surface area contributed by atoms with Gasteiger partial charge in [-0.2, -0.15) is 0 Å². The number of nitrogens with one attached hydrogen (secondary N) is 1. The number of amides is 1. The number of carbonyl (C=O) groups excluding carboxylic acids is 1. The number of aromatic nitrogens is 3. The van der Waals surface area contributed by atoms with Gasteiger partial charge >= 0.3 is 0 Å². The molecule has 0 unspecified atom stereocenters. The van der Waals surface area contributed by atoms with Crippen LogP contribution in [0.5, 0.6) is 0 Å². The molecule has 5 nitrogen and oxygen atoms in total. The first kappa shape index (κ1) is 17.5. The van der Waals surface area contributed by atoms with Crippen LogP contribution in [0.25, 0.3) is 0 Å². The van der Waals surface area contributed by atoms with Gasteiger partial charge in [-0.05, 0) is 44.9 Å². The van der Waals surface area contributed by atoms with Crippen LogP contribution in [0.2, 0.25) is 0 Å². The first-order valence-corrected chi connectivity index (χ1v) is 8.85. The summed E-state index contributed by atoms with van der Waals surface area (Å²) in [6, 6.07) is 6.20. The summed E-state index contributed by atoms with van der Waals surface area (Å²) < 4.78 is 2.09. The summed E-state index contributed by atoms with van der Waals surface area (Å²) in [6.07, 6.45) is 0.834. The summed E-state index contributed by atoms with van der Waals surface area (Å²) in [5.41, 5.74) is 3.14. The van der Waals surface area contributed by atoms with Crippen LogP contribution in [0.4, 0.5) is 5.69 Å². The fraction of sp³-hybridized carbons (Fsp3) is 0.471. The molecule has 0 aliphatic heterocycles. The SMILES string of the molecule is CCc1nnc(SCC(=O)Nc2cccc(C)c2C)n1C(C)C. The van der Waals surface area contributed by atoms with Gasteiger partial charge in [-0.15, -0.1) is 10.2 Å². The van der Waals surface area contributed by atoms with E-state index < -0.39 is 0 Å². The van der Waals surface area contributed by atoms with Crippen LogP contribution in [-0.2, 0) is 11.2 Å². The molecular weight excluding hydrogens is 308 g/mol. The Kier molecular flexibility index (Phi) is 5.82. The molecule has 0 fully saturated rings. The molecule has 0 aliphatic carbocycles. The second kappa shape index (κ2) is 7.64. The summed E-state index contributed by atoms with van der Waals surface area (Å²) in [6.45, 7) is 10.3. The monoisotopic (exact) mass is 332 g/mol. The summed E-state index contributed by atoms with van der Waals surface area (Å²) in [4.78, 5) is 12.2. The molecule has 1 aromatic carbocycles. The normalized spacial score (nSPS) is 11.0. The topological polar surface area (TPSA) is 59.8 Å². The van der Waals surface area contributed by atoms with Crippen molar-refractivity contribution in [2.45, 2.75) is 52.2 Å². The molecule has 124 valence electrons. The zero-order chi connectivity index (χ0) is 17.0. The van der Waals surface area contributed by atoms with Gasteiger partial charge in [0, 0.05) is 18.2 Å². The third-order valence-corrected chi connectivity index (χ3v) is 4.72. The van der Waals surface area contributed by atoms with Gasteiger partial charge in [-0.3, -0.25) is 4.79 Å². The van der Waals surface area contributed by atoms with E-state index in [1.165, 1.54) is 17.3 Å². The van der Waals surface area contributed by atoms with Gasteiger partial charge in [-0.1, -0.05) is 30.8 Å². The number of aryl methyl sites for hydroxylation is 2. The van der Waals surface area contributed by atoms with E-state index in [0.29, 0.717) is 5.75 Å². The van der Waals surface area contributed by atoms with Gasteiger partial charge in [0.2, 0.25) is 5.91 Å². The van der Waals surface area contributed by atoms with Gasteiger partial charge in [0.15, 0.2) is 5.16 Å². The molecule has 1 amide bonds. The molecule has 1 aromatic heterocycles. The number of anilines is 1. The van der Waals surface area contributed by atoms with Crippen LogP contribution in [0.15, 0.2) is 23.4 Å². The van der Waals surface area contributed by atoms with Crippen molar-refractivity contribution < 1.29 is 4.79 Å². The van der Waals surface area contributed by atoms with Crippen LogP contribution < -0.4 is 5.32 Å². The highest BCUT2D eigenvalue weighted by molar-refractivity contribution is 7.99. The van der Waals surface area contributed by atoms with Gasteiger partial charge in [0.05, 0.1) is 5.75 Å². The lowest BCUT2D eigenvalue weighted by molar-refractivity contribution is -0.113. The van der Waals surface area contributed by atoms with E-state index in [1.54, 1.807) is 0 Å². The molecule has 2 aromatic rings. The second-order valence-electron chi connectivity index (χ2n) is 5.80. The number of rotatable bonds is 6. The van der Waals surface area contributed by atoms with Crippen molar-refractivity contribution in [2.24, 2.45) is 0 Å². The molecule has 0 spiro atoms. The van der Waals surface area contributed by atoms with Crippen LogP contribution in [0, 0.1) is 13.8 Å². The molecule has 0 aliphatic rings. The smallest absolute Gasteiger partial charge is 0.234 e. The molecule has 0 atom stereocenters. The van der Waals surface area contributed by atoms with E-state index in [9.17, 15) is 4.79 Å². The molecule has 2 rings (SSSR count). The predicted molar refractivity (Wildman–Crippen MR) is 95.1 cm³/mol. The predicted octanol–water partition coefficient (Wildman–Crippen LogP) is 3.77. The lowest BCUT2D eigenvalue weighted by Gasteiger charge is -2.13. The van der Waals surface area contributed by atoms with Crippen LogP contribution >= 0.6 is 11.8 Å². The first-order chi connectivity index (χ1) is 10.9. The average Bonchev–Trinajstić information content (AvgIpc) is 2.93. The molecule has 0 bridgehead atoms. The third-order valence-electron chi connectivity index (χ3n) is 3.78. The van der Waals surface area contributed by atoms with Crippen molar-refractivity contribution in [3.05, 3.63) is 35.2 Å². The van der Waals surface area contributed by atoms with E-state index in [4.69, 9.17) is 0 Å². The Bertz CT molecular complexity index is 694. The fourth-order valence-electron chi connectivity index (χ4n) is 2.37. The fourth-order valence-corrected chi connectivity index (χ4v) is 3.25. The van der Waals surface area contributed by atoms with Crippen LogP contribution in [0.3, 0.4) is 0 Å². The average molecular weight is 332 g/mol. The zero-order valence-corrected chi connectivity index (χ0v) is 15.2. The summed E-state index contributed by atoms with van der Waals surface area (Å²) in [5.74, 6) is 1.25. The van der Waals surface area contributed by atoms with E-state index in [-0.39, 0.29) is 11.9 Å². The standard InChI is InChI=1S/C17H24N4OS/c1-6-15-19-20-17(21(15)11(2)3)23-10-16(22)18-14-9-7-8-12(4)13(14)5/h7-9,11H,6,10H2,1-5H3,(H,18,22). The van der Waals surface area contributed by atoms with E-state index >= 15 is 0 Å². The Morgan fingerprint density at radius 1 is 1.30 bits per heavy atom. The van der Waals surface area contributed by atoms with Gasteiger partial charge in [0.25, 0.3) is 0 Å². The van der Waals surface area contributed by atoms with Gasteiger partial charge in [-0.25, -0.2) is 0 Å². The van der Waals surface area contributed by atoms with Crippen molar-refractivity contribution in [1.29, 1.82) is 0 Å². The highest BCUT2D eigenvalue weighted by atomic mass is 32.2. The summed E-state index contributed by atoms with van der Waals surface area (Å²) >= 11 is 1.43. The third kappa shape index (κ3) is 4.13.